The summed E-state index contributed by atoms with van der Waals surface area (Å²) in [5.74, 6) is 0.966. The van der Waals surface area contributed by atoms with E-state index in [4.69, 9.17) is 0 Å². The zero-order chi connectivity index (χ0) is 13.8. The third-order valence-electron chi connectivity index (χ3n) is 2.55. The Morgan fingerprint density at radius 3 is 2.56 bits per heavy atom. The zero-order valence-electron chi connectivity index (χ0n) is 10.8. The first kappa shape index (κ1) is 14.9. The Hall–Kier alpha value is -1.11. The van der Waals surface area contributed by atoms with Crippen LogP contribution < -0.4 is 5.32 Å². The van der Waals surface area contributed by atoms with Gasteiger partial charge in [0.2, 0.25) is 0 Å². The van der Waals surface area contributed by atoms with Crippen LogP contribution in [0.5, 0.6) is 0 Å². The van der Waals surface area contributed by atoms with Crippen LogP contribution in [0.25, 0.3) is 0 Å². The van der Waals surface area contributed by atoms with Gasteiger partial charge in [-0.15, -0.1) is 0 Å². The van der Waals surface area contributed by atoms with Crippen molar-refractivity contribution in [3.05, 3.63) is 12.2 Å². The van der Waals surface area contributed by atoms with Crippen molar-refractivity contribution in [2.75, 3.05) is 7.05 Å². The fraction of sp³-hybridized carbons (Fsp3) is 0.818. The molecular weight excluding hydrogens is 245 g/mol. The predicted octanol–water partition coefficient (Wildman–Crippen LogP) is 2.02. The molecule has 1 unspecified atom stereocenters. The molecule has 1 rings (SSSR count). The summed E-state index contributed by atoms with van der Waals surface area (Å²) in [6.45, 7) is 4.71. The summed E-state index contributed by atoms with van der Waals surface area (Å²) >= 11 is 0. The molecular formula is C11H19F3N4. The molecule has 18 heavy (non-hydrogen) atoms. The molecule has 0 amide bonds. The molecule has 0 aliphatic heterocycles. The molecule has 7 heteroatoms. The second-order valence-electron chi connectivity index (χ2n) is 4.76. The number of aromatic nitrogens is 3. The first-order chi connectivity index (χ1) is 8.31. The van der Waals surface area contributed by atoms with Crippen LogP contribution in [0.2, 0.25) is 0 Å². The van der Waals surface area contributed by atoms with Gasteiger partial charge < -0.3 is 5.32 Å². The van der Waals surface area contributed by atoms with Gasteiger partial charge in [0, 0.05) is 19.0 Å². The molecule has 0 saturated heterocycles. The van der Waals surface area contributed by atoms with Crippen LogP contribution in [-0.2, 0) is 13.0 Å². The minimum atomic E-state index is -4.17. The second kappa shape index (κ2) is 6.17. The van der Waals surface area contributed by atoms with Crippen LogP contribution >= 0.6 is 0 Å². The molecule has 0 spiro atoms. The molecule has 1 aromatic rings. The Labute approximate surface area is 105 Å². The number of hydrogen-bond acceptors (Lipinski definition) is 3. The Bertz CT molecular complexity index is 359. The van der Waals surface area contributed by atoms with Crippen molar-refractivity contribution in [2.24, 2.45) is 5.92 Å². The standard InChI is InChI=1S/C11H19F3N4/c1-8(2)6-18-10(16-7-17-18)4-9(15-3)5-11(12,13)14/h7-9,15H,4-6H2,1-3H3. The van der Waals surface area contributed by atoms with Crippen LogP contribution in [0, 0.1) is 5.92 Å². The van der Waals surface area contributed by atoms with Gasteiger partial charge in [-0.3, -0.25) is 0 Å². The van der Waals surface area contributed by atoms with Gasteiger partial charge in [0.25, 0.3) is 0 Å². The van der Waals surface area contributed by atoms with Crippen molar-refractivity contribution < 1.29 is 13.2 Å². The number of rotatable bonds is 6. The summed E-state index contributed by atoms with van der Waals surface area (Å²) in [4.78, 5) is 4.03. The van der Waals surface area contributed by atoms with Crippen molar-refractivity contribution >= 4 is 0 Å². The first-order valence-electron chi connectivity index (χ1n) is 5.92. The Kier molecular flexibility index (Phi) is 5.13. The van der Waals surface area contributed by atoms with Gasteiger partial charge >= 0.3 is 6.18 Å². The van der Waals surface area contributed by atoms with E-state index in [1.165, 1.54) is 13.4 Å². The highest BCUT2D eigenvalue weighted by Gasteiger charge is 2.31. The minimum Gasteiger partial charge on any atom is -0.316 e. The summed E-state index contributed by atoms with van der Waals surface area (Å²) in [5, 5.41) is 6.71. The molecule has 0 aliphatic rings. The van der Waals surface area contributed by atoms with E-state index in [2.05, 4.69) is 15.4 Å². The fourth-order valence-corrected chi connectivity index (χ4v) is 1.72. The third-order valence-corrected chi connectivity index (χ3v) is 2.55. The summed E-state index contributed by atoms with van der Waals surface area (Å²) in [6, 6.07) is -0.667. The van der Waals surface area contributed by atoms with Gasteiger partial charge in [0.1, 0.15) is 12.2 Å². The molecule has 1 aromatic heterocycles. The Balaban J connectivity index is 2.67. The van der Waals surface area contributed by atoms with Gasteiger partial charge in [-0.25, -0.2) is 9.67 Å². The normalized spacial score (nSPS) is 14.2. The van der Waals surface area contributed by atoms with E-state index >= 15 is 0 Å². The summed E-state index contributed by atoms with van der Waals surface area (Å²) in [7, 11) is 1.53. The highest BCUT2D eigenvalue weighted by Crippen LogP contribution is 2.22. The van der Waals surface area contributed by atoms with Crippen molar-refractivity contribution in [2.45, 2.75) is 45.5 Å². The maximum Gasteiger partial charge on any atom is 0.390 e. The Morgan fingerprint density at radius 2 is 2.06 bits per heavy atom. The third kappa shape index (κ3) is 5.03. The molecule has 0 aromatic carbocycles. The van der Waals surface area contributed by atoms with E-state index in [9.17, 15) is 13.2 Å². The van der Waals surface area contributed by atoms with Gasteiger partial charge in [0.15, 0.2) is 0 Å². The van der Waals surface area contributed by atoms with Crippen LogP contribution in [0.1, 0.15) is 26.1 Å². The molecule has 1 N–H and O–H groups in total. The molecule has 1 atom stereocenters. The zero-order valence-corrected chi connectivity index (χ0v) is 10.8. The maximum atomic E-state index is 12.3. The summed E-state index contributed by atoms with van der Waals surface area (Å²) in [5.41, 5.74) is 0. The molecule has 0 bridgehead atoms. The molecule has 0 fully saturated rings. The molecule has 0 radical (unpaired) electrons. The largest absolute Gasteiger partial charge is 0.390 e. The molecule has 4 nitrogen and oxygen atoms in total. The lowest BCUT2D eigenvalue weighted by molar-refractivity contribution is -0.139. The van der Waals surface area contributed by atoms with Crippen LogP contribution in [0.3, 0.4) is 0 Å². The lowest BCUT2D eigenvalue weighted by Gasteiger charge is -2.18. The fourth-order valence-electron chi connectivity index (χ4n) is 1.72. The number of nitrogens with one attached hydrogen (secondary N) is 1. The lowest BCUT2D eigenvalue weighted by Crippen LogP contribution is -2.34. The SMILES string of the molecule is CNC(Cc1ncnn1CC(C)C)CC(F)(F)F. The topological polar surface area (TPSA) is 42.7 Å². The number of alkyl halides is 3. The molecule has 0 saturated carbocycles. The van der Waals surface area contributed by atoms with Crippen LogP contribution in [0.15, 0.2) is 6.33 Å². The van der Waals surface area contributed by atoms with Gasteiger partial charge in [-0.2, -0.15) is 18.3 Å². The van der Waals surface area contributed by atoms with Crippen molar-refractivity contribution in [3.63, 3.8) is 0 Å². The minimum absolute atomic E-state index is 0.225. The van der Waals surface area contributed by atoms with E-state index in [0.717, 1.165) is 0 Å². The van der Waals surface area contributed by atoms with E-state index < -0.39 is 18.6 Å². The van der Waals surface area contributed by atoms with Crippen molar-refractivity contribution in [1.29, 1.82) is 0 Å². The van der Waals surface area contributed by atoms with Crippen molar-refractivity contribution in [3.8, 4) is 0 Å². The number of nitrogens with zero attached hydrogens (tertiary/aromatic N) is 3. The lowest BCUT2D eigenvalue weighted by atomic mass is 10.1. The summed E-state index contributed by atoms with van der Waals surface area (Å²) in [6.07, 6.45) is -3.42. The van der Waals surface area contributed by atoms with E-state index in [1.807, 2.05) is 13.8 Å². The number of likely N-dealkylation sites (N-methyl/N-ethyl adjacent to an activating group) is 1. The predicted molar refractivity (Wildman–Crippen MR) is 62.1 cm³/mol. The van der Waals surface area contributed by atoms with Crippen LogP contribution in [0.4, 0.5) is 13.2 Å². The van der Waals surface area contributed by atoms with Crippen molar-refractivity contribution in [1.82, 2.24) is 20.1 Å². The average Bonchev–Trinajstić information content (AvgIpc) is 2.61. The number of hydrogen-bond donors (Lipinski definition) is 1. The number of halogens is 3. The van der Waals surface area contributed by atoms with E-state index in [0.29, 0.717) is 18.3 Å². The molecule has 1 heterocycles. The van der Waals surface area contributed by atoms with Gasteiger partial charge in [-0.1, -0.05) is 13.8 Å². The first-order valence-corrected chi connectivity index (χ1v) is 5.92. The quantitative estimate of drug-likeness (QED) is 0.854. The Morgan fingerprint density at radius 1 is 1.39 bits per heavy atom. The maximum absolute atomic E-state index is 12.3. The monoisotopic (exact) mass is 264 g/mol. The highest BCUT2D eigenvalue weighted by molar-refractivity contribution is 4.90. The second-order valence-corrected chi connectivity index (χ2v) is 4.76. The van der Waals surface area contributed by atoms with E-state index in [1.54, 1.807) is 4.68 Å². The van der Waals surface area contributed by atoms with Crippen LogP contribution in [-0.4, -0.2) is 34.0 Å². The highest BCUT2D eigenvalue weighted by atomic mass is 19.4. The van der Waals surface area contributed by atoms with Gasteiger partial charge in [0.05, 0.1) is 6.42 Å². The summed E-state index contributed by atoms with van der Waals surface area (Å²) < 4.78 is 38.7. The van der Waals surface area contributed by atoms with E-state index in [-0.39, 0.29) is 6.42 Å². The molecule has 104 valence electrons. The average molecular weight is 264 g/mol. The smallest absolute Gasteiger partial charge is 0.316 e. The van der Waals surface area contributed by atoms with Gasteiger partial charge in [-0.05, 0) is 13.0 Å². The molecule has 0 aliphatic carbocycles.